The summed E-state index contributed by atoms with van der Waals surface area (Å²) in [7, 11) is -1.96. The van der Waals surface area contributed by atoms with Gasteiger partial charge in [0.05, 0.1) is 17.1 Å². The van der Waals surface area contributed by atoms with Crippen molar-refractivity contribution < 1.29 is 9.53 Å². The van der Waals surface area contributed by atoms with Crippen LogP contribution >= 0.6 is 15.9 Å². The second kappa shape index (κ2) is 8.19. The molecule has 0 bridgehead atoms. The number of hydrogen-bond acceptors (Lipinski definition) is 4. The fourth-order valence-electron chi connectivity index (χ4n) is 3.34. The van der Waals surface area contributed by atoms with Crippen molar-refractivity contribution in [3.63, 3.8) is 0 Å². The predicted octanol–water partition coefficient (Wildman–Crippen LogP) is 3.44. The molecule has 1 aromatic heterocycles. The van der Waals surface area contributed by atoms with E-state index >= 15 is 0 Å². The van der Waals surface area contributed by atoms with Gasteiger partial charge >= 0.3 is 5.69 Å². The second-order valence-electron chi connectivity index (χ2n) is 8.74. The average Bonchev–Trinajstić information content (AvgIpc) is 2.99. The minimum atomic E-state index is -1.96. The lowest BCUT2D eigenvalue weighted by atomic mass is 9.99. The van der Waals surface area contributed by atoms with Gasteiger partial charge in [-0.25, -0.2) is 4.79 Å². The van der Waals surface area contributed by atoms with Gasteiger partial charge in [0.25, 0.3) is 5.56 Å². The summed E-state index contributed by atoms with van der Waals surface area (Å²) in [5.74, 6) is 0.577. The van der Waals surface area contributed by atoms with Crippen molar-refractivity contribution in [2.24, 2.45) is 11.8 Å². The predicted molar refractivity (Wildman–Crippen MR) is 114 cm³/mol. The molecule has 0 saturated heterocycles. The highest BCUT2D eigenvalue weighted by molar-refractivity contribution is 9.10. The van der Waals surface area contributed by atoms with Crippen molar-refractivity contribution in [1.29, 1.82) is 0 Å². The fraction of sp³-hybridized carbons (Fsp3) is 0.684. The molecule has 0 aliphatic heterocycles. The average molecular weight is 459 g/mol. The summed E-state index contributed by atoms with van der Waals surface area (Å²) in [6.45, 7) is 13.9. The highest BCUT2D eigenvalue weighted by Gasteiger charge is 2.44. The Kier molecular flexibility index (Phi) is 6.77. The van der Waals surface area contributed by atoms with E-state index in [2.05, 4.69) is 61.7 Å². The fourth-order valence-corrected chi connectivity index (χ4v) is 6.04. The van der Waals surface area contributed by atoms with Crippen molar-refractivity contribution in [1.82, 2.24) is 9.55 Å². The number of hydrogen-bond donors (Lipinski definition) is 2. The van der Waals surface area contributed by atoms with E-state index in [4.69, 9.17) is 4.43 Å². The second-order valence-corrected chi connectivity index (χ2v) is 14.2. The quantitative estimate of drug-likeness (QED) is 0.483. The van der Waals surface area contributed by atoms with Gasteiger partial charge in [-0.15, -0.1) is 0 Å². The summed E-state index contributed by atoms with van der Waals surface area (Å²) >= 11 is 3.17. The first-order valence-electron chi connectivity index (χ1n) is 9.37. The molecule has 2 atom stereocenters. The maximum absolute atomic E-state index is 12.2. The molecule has 8 heteroatoms. The number of aromatic amines is 1. The zero-order chi connectivity index (χ0) is 20.6. The highest BCUT2D eigenvalue weighted by Crippen LogP contribution is 2.45. The minimum absolute atomic E-state index is 0.0562. The van der Waals surface area contributed by atoms with Gasteiger partial charge in [0.1, 0.15) is 0 Å². The van der Waals surface area contributed by atoms with Crippen molar-refractivity contribution >= 4 is 24.2 Å². The van der Waals surface area contributed by atoms with E-state index in [1.807, 2.05) is 6.08 Å². The van der Waals surface area contributed by atoms with Gasteiger partial charge in [0, 0.05) is 18.7 Å². The Morgan fingerprint density at radius 3 is 2.59 bits per heavy atom. The topological polar surface area (TPSA) is 84.3 Å². The number of aliphatic hydroxyl groups excluding tert-OH is 1. The lowest BCUT2D eigenvalue weighted by Gasteiger charge is -2.43. The number of nitrogens with one attached hydrogen (secondary N) is 1. The maximum atomic E-state index is 12.2. The molecule has 0 unspecified atom stereocenters. The van der Waals surface area contributed by atoms with Gasteiger partial charge < -0.3 is 9.53 Å². The Hall–Kier alpha value is -0.963. The lowest BCUT2D eigenvalue weighted by molar-refractivity contribution is 0.214. The number of rotatable bonds is 7. The van der Waals surface area contributed by atoms with E-state index in [1.165, 1.54) is 10.8 Å². The summed E-state index contributed by atoms with van der Waals surface area (Å²) < 4.78 is 8.28. The van der Waals surface area contributed by atoms with Crippen molar-refractivity contribution in [3.05, 3.63) is 43.2 Å². The van der Waals surface area contributed by atoms with Gasteiger partial charge in [-0.1, -0.05) is 33.8 Å². The molecular weight excluding hydrogens is 428 g/mol. The number of allylic oxidation sites excluding steroid dienone is 1. The van der Waals surface area contributed by atoms with Gasteiger partial charge in [-0.3, -0.25) is 14.3 Å². The molecule has 0 fully saturated rings. The van der Waals surface area contributed by atoms with Crippen LogP contribution in [0.3, 0.4) is 0 Å². The van der Waals surface area contributed by atoms with Crippen LogP contribution in [0.1, 0.15) is 40.2 Å². The highest BCUT2D eigenvalue weighted by atomic mass is 79.9. The molecule has 0 saturated carbocycles. The van der Waals surface area contributed by atoms with E-state index < -0.39 is 19.6 Å². The van der Waals surface area contributed by atoms with E-state index in [1.54, 1.807) is 0 Å². The Morgan fingerprint density at radius 1 is 1.41 bits per heavy atom. The molecule has 27 heavy (non-hydrogen) atoms. The summed E-state index contributed by atoms with van der Waals surface area (Å²) in [5, 5.41) is 9.90. The zero-order valence-electron chi connectivity index (χ0n) is 17.0. The zero-order valence-corrected chi connectivity index (χ0v) is 19.6. The van der Waals surface area contributed by atoms with Crippen LogP contribution in [0, 0.1) is 11.8 Å². The largest absolute Gasteiger partial charge is 0.416 e. The number of halogens is 1. The van der Waals surface area contributed by atoms with Crippen molar-refractivity contribution in [2.75, 3.05) is 13.2 Å². The Balaban J connectivity index is 2.18. The van der Waals surface area contributed by atoms with Gasteiger partial charge in [0.2, 0.25) is 0 Å². The summed E-state index contributed by atoms with van der Waals surface area (Å²) in [5.41, 5.74) is 0.00416. The summed E-state index contributed by atoms with van der Waals surface area (Å²) in [6.07, 6.45) is 4.10. The lowest BCUT2D eigenvalue weighted by Crippen LogP contribution is -2.46. The molecule has 0 amide bonds. The van der Waals surface area contributed by atoms with E-state index in [-0.39, 0.29) is 23.6 Å². The van der Waals surface area contributed by atoms with E-state index in [0.29, 0.717) is 23.4 Å². The van der Waals surface area contributed by atoms with Gasteiger partial charge in [-0.2, -0.15) is 0 Å². The van der Waals surface area contributed by atoms with Crippen LogP contribution in [0.25, 0.3) is 0 Å². The number of nitrogens with zero attached hydrogens (tertiary/aromatic N) is 1. The SMILES string of the molecule is CC(C)C(C)(C)[Si](C)(C)OC[C@H]1C[C@@H](n2cc(Br)c(=O)[nH]c2=O)C=C1CO. The molecule has 0 radical (unpaired) electrons. The first-order valence-corrected chi connectivity index (χ1v) is 13.1. The van der Waals surface area contributed by atoms with Gasteiger partial charge in [0.15, 0.2) is 8.32 Å². The molecule has 1 heterocycles. The monoisotopic (exact) mass is 458 g/mol. The van der Waals surface area contributed by atoms with Crippen LogP contribution in [0.5, 0.6) is 0 Å². The molecule has 1 aromatic rings. The number of aromatic nitrogens is 2. The molecule has 2 N–H and O–H groups in total. The Bertz CT molecular complexity index is 826. The summed E-state index contributed by atoms with van der Waals surface area (Å²) in [6, 6.07) is -0.204. The number of aliphatic hydroxyl groups is 1. The van der Waals surface area contributed by atoms with Gasteiger partial charge in [-0.05, 0) is 52.0 Å². The van der Waals surface area contributed by atoms with E-state index in [9.17, 15) is 14.7 Å². The smallest absolute Gasteiger partial charge is 0.328 e. The first kappa shape index (κ1) is 22.3. The minimum Gasteiger partial charge on any atom is -0.416 e. The Labute approximate surface area is 169 Å². The van der Waals surface area contributed by atoms with Crippen LogP contribution in [0.4, 0.5) is 0 Å². The third-order valence-electron chi connectivity index (χ3n) is 6.56. The molecule has 152 valence electrons. The maximum Gasteiger partial charge on any atom is 0.328 e. The van der Waals surface area contributed by atoms with Crippen LogP contribution in [-0.4, -0.2) is 36.2 Å². The molecular formula is C19H31BrN2O4Si. The molecule has 0 spiro atoms. The summed E-state index contributed by atoms with van der Waals surface area (Å²) in [4.78, 5) is 26.1. The third kappa shape index (κ3) is 4.55. The standard InChI is InChI=1S/C19H31BrN2O4Si/c1-12(2)19(3,4)27(5,6)26-11-14-8-15(7-13(14)10-23)22-9-16(20)17(24)21-18(22)25/h7,9,12,14-15,23H,8,10-11H2,1-6H3,(H,21,24,25)/t14-,15+/m1/s1. The van der Waals surface area contributed by atoms with Crippen LogP contribution in [0.15, 0.2) is 31.9 Å². The van der Waals surface area contributed by atoms with Crippen LogP contribution in [-0.2, 0) is 4.43 Å². The van der Waals surface area contributed by atoms with E-state index in [0.717, 1.165) is 5.57 Å². The molecule has 1 aliphatic rings. The first-order chi connectivity index (χ1) is 12.4. The third-order valence-corrected chi connectivity index (χ3v) is 11.7. The van der Waals surface area contributed by atoms with Crippen molar-refractivity contribution in [3.8, 4) is 0 Å². The molecule has 2 rings (SSSR count). The molecule has 6 nitrogen and oxygen atoms in total. The van der Waals surface area contributed by atoms with Crippen LogP contribution < -0.4 is 11.2 Å². The Morgan fingerprint density at radius 2 is 2.04 bits per heavy atom. The van der Waals surface area contributed by atoms with Crippen LogP contribution in [0.2, 0.25) is 18.1 Å². The number of H-pyrrole nitrogens is 1. The molecule has 0 aromatic carbocycles. The molecule has 1 aliphatic carbocycles. The normalized spacial score (nSPS) is 21.0. The van der Waals surface area contributed by atoms with Crippen molar-refractivity contribution in [2.45, 2.75) is 58.3 Å².